The summed E-state index contributed by atoms with van der Waals surface area (Å²) in [4.78, 5) is 15.4. The van der Waals surface area contributed by atoms with Crippen molar-refractivity contribution in [2.75, 3.05) is 5.73 Å². The number of rotatable bonds is 4. The number of nitrogen functional groups attached to an aromatic ring is 1. The molecule has 0 radical (unpaired) electrons. The van der Waals surface area contributed by atoms with E-state index in [1.165, 1.54) is 0 Å². The first-order valence-electron chi connectivity index (χ1n) is 5.05. The van der Waals surface area contributed by atoms with Crippen molar-refractivity contribution >= 4 is 11.7 Å². The van der Waals surface area contributed by atoms with Crippen molar-refractivity contribution in [3.63, 3.8) is 0 Å². The fraction of sp³-hybridized carbons (Fsp3) is 0.600. The molecule has 0 aliphatic rings. The summed E-state index contributed by atoms with van der Waals surface area (Å²) in [5, 5.41) is 2.91. The molecule has 1 rings (SSSR count). The minimum absolute atomic E-state index is 0.0198. The summed E-state index contributed by atoms with van der Waals surface area (Å²) >= 11 is 0. The van der Waals surface area contributed by atoms with Crippen LogP contribution in [0.25, 0.3) is 0 Å². The van der Waals surface area contributed by atoms with E-state index in [-0.39, 0.29) is 18.5 Å². The van der Waals surface area contributed by atoms with E-state index in [0.717, 1.165) is 0 Å². The third kappa shape index (κ3) is 3.61. The lowest BCUT2D eigenvalue weighted by Crippen LogP contribution is -2.37. The minimum atomic E-state index is -0.0198. The maximum atomic E-state index is 11.5. The highest BCUT2D eigenvalue weighted by atomic mass is 16.2. The lowest BCUT2D eigenvalue weighted by atomic mass is 10.1. The number of nitrogens with two attached hydrogens (primary N) is 1. The van der Waals surface area contributed by atoms with Gasteiger partial charge in [0, 0.05) is 12.2 Å². The van der Waals surface area contributed by atoms with Crippen LogP contribution in [0.1, 0.15) is 20.8 Å². The van der Waals surface area contributed by atoms with Crippen molar-refractivity contribution in [3.05, 3.63) is 12.5 Å². The standard InChI is InChI=1S/C10H18N4O/c1-7(2)8(3)13-10(15)5-14-4-9(11)12-6-14/h4,6-8H,5,11H2,1-3H3,(H,13,15). The molecule has 1 amide bonds. The second-order valence-electron chi connectivity index (χ2n) is 4.07. The summed E-state index contributed by atoms with van der Waals surface area (Å²) < 4.78 is 1.66. The molecular formula is C10H18N4O. The van der Waals surface area contributed by atoms with Crippen LogP contribution in [0.3, 0.4) is 0 Å². The van der Waals surface area contributed by atoms with Crippen molar-refractivity contribution in [1.29, 1.82) is 0 Å². The van der Waals surface area contributed by atoms with Crippen LogP contribution >= 0.6 is 0 Å². The molecule has 1 unspecified atom stereocenters. The number of imidazole rings is 1. The van der Waals surface area contributed by atoms with Gasteiger partial charge in [-0.25, -0.2) is 4.98 Å². The number of carbonyl (C=O) groups excluding carboxylic acids is 1. The first-order chi connectivity index (χ1) is 6.99. The van der Waals surface area contributed by atoms with Crippen LogP contribution in [0.2, 0.25) is 0 Å². The molecule has 0 aromatic carbocycles. The SMILES string of the molecule is CC(C)C(C)NC(=O)Cn1cnc(N)c1. The maximum absolute atomic E-state index is 11.5. The number of amides is 1. The summed E-state index contributed by atoms with van der Waals surface area (Å²) in [5.74, 6) is 0.843. The van der Waals surface area contributed by atoms with E-state index in [9.17, 15) is 4.79 Å². The van der Waals surface area contributed by atoms with E-state index in [1.807, 2.05) is 6.92 Å². The summed E-state index contributed by atoms with van der Waals surface area (Å²) in [5.41, 5.74) is 5.44. The van der Waals surface area contributed by atoms with Crippen molar-refractivity contribution < 1.29 is 4.79 Å². The van der Waals surface area contributed by atoms with Gasteiger partial charge in [-0.2, -0.15) is 0 Å². The Morgan fingerprint density at radius 1 is 1.60 bits per heavy atom. The summed E-state index contributed by atoms with van der Waals surface area (Å²) in [6.45, 7) is 6.40. The number of hydrogen-bond acceptors (Lipinski definition) is 3. The lowest BCUT2D eigenvalue weighted by Gasteiger charge is -2.17. The van der Waals surface area contributed by atoms with Gasteiger partial charge in [-0.3, -0.25) is 4.79 Å². The van der Waals surface area contributed by atoms with E-state index < -0.39 is 0 Å². The molecule has 0 fully saturated rings. The zero-order chi connectivity index (χ0) is 11.4. The van der Waals surface area contributed by atoms with Crippen molar-refractivity contribution in [2.24, 2.45) is 5.92 Å². The predicted octanol–water partition coefficient (Wildman–Crippen LogP) is 0.626. The van der Waals surface area contributed by atoms with Gasteiger partial charge >= 0.3 is 0 Å². The zero-order valence-corrected chi connectivity index (χ0v) is 9.40. The molecule has 5 nitrogen and oxygen atoms in total. The van der Waals surface area contributed by atoms with Crippen LogP contribution in [0.4, 0.5) is 5.82 Å². The van der Waals surface area contributed by atoms with Crippen molar-refractivity contribution in [2.45, 2.75) is 33.4 Å². The summed E-state index contributed by atoms with van der Waals surface area (Å²) in [6, 6.07) is 0.179. The summed E-state index contributed by atoms with van der Waals surface area (Å²) in [6.07, 6.45) is 3.19. The average Bonchev–Trinajstić information content (AvgIpc) is 2.50. The monoisotopic (exact) mass is 210 g/mol. The van der Waals surface area contributed by atoms with Gasteiger partial charge in [-0.15, -0.1) is 0 Å². The molecule has 0 spiro atoms. The normalized spacial score (nSPS) is 12.8. The van der Waals surface area contributed by atoms with Gasteiger partial charge in [0.15, 0.2) is 0 Å². The topological polar surface area (TPSA) is 72.9 Å². The van der Waals surface area contributed by atoms with Crippen LogP contribution in [0, 0.1) is 5.92 Å². The lowest BCUT2D eigenvalue weighted by molar-refractivity contribution is -0.122. The zero-order valence-electron chi connectivity index (χ0n) is 9.40. The van der Waals surface area contributed by atoms with Crippen LogP contribution in [-0.4, -0.2) is 21.5 Å². The quantitative estimate of drug-likeness (QED) is 0.765. The molecule has 0 aliphatic carbocycles. The van der Waals surface area contributed by atoms with Gasteiger partial charge in [-0.1, -0.05) is 13.8 Å². The number of aromatic nitrogens is 2. The molecule has 84 valence electrons. The minimum Gasteiger partial charge on any atom is -0.382 e. The average molecular weight is 210 g/mol. The van der Waals surface area contributed by atoms with Crippen LogP contribution in [0.15, 0.2) is 12.5 Å². The van der Waals surface area contributed by atoms with Gasteiger partial charge in [0.25, 0.3) is 0 Å². The molecular weight excluding hydrogens is 192 g/mol. The Morgan fingerprint density at radius 2 is 2.27 bits per heavy atom. The van der Waals surface area contributed by atoms with Crippen LogP contribution < -0.4 is 11.1 Å². The molecule has 5 heteroatoms. The van der Waals surface area contributed by atoms with E-state index in [2.05, 4.69) is 24.1 Å². The number of carbonyl (C=O) groups is 1. The molecule has 0 aliphatic heterocycles. The van der Waals surface area contributed by atoms with Gasteiger partial charge in [0.05, 0.1) is 6.33 Å². The number of nitrogens with one attached hydrogen (secondary N) is 1. The number of anilines is 1. The second-order valence-corrected chi connectivity index (χ2v) is 4.07. The Bertz CT molecular complexity index is 332. The van der Waals surface area contributed by atoms with E-state index in [1.54, 1.807) is 17.1 Å². The molecule has 0 saturated heterocycles. The van der Waals surface area contributed by atoms with Crippen LogP contribution in [0.5, 0.6) is 0 Å². The number of hydrogen-bond donors (Lipinski definition) is 2. The summed E-state index contributed by atoms with van der Waals surface area (Å²) in [7, 11) is 0. The first-order valence-corrected chi connectivity index (χ1v) is 5.05. The number of nitrogens with zero attached hydrogens (tertiary/aromatic N) is 2. The van der Waals surface area contributed by atoms with E-state index in [4.69, 9.17) is 5.73 Å². The first kappa shape index (κ1) is 11.6. The molecule has 1 atom stereocenters. The fourth-order valence-electron chi connectivity index (χ4n) is 1.10. The fourth-order valence-corrected chi connectivity index (χ4v) is 1.10. The van der Waals surface area contributed by atoms with Crippen molar-refractivity contribution in [3.8, 4) is 0 Å². The maximum Gasteiger partial charge on any atom is 0.240 e. The van der Waals surface area contributed by atoms with E-state index >= 15 is 0 Å². The smallest absolute Gasteiger partial charge is 0.240 e. The Morgan fingerprint density at radius 3 is 2.73 bits per heavy atom. The van der Waals surface area contributed by atoms with Crippen LogP contribution in [-0.2, 0) is 11.3 Å². The Labute approximate surface area is 89.7 Å². The Kier molecular flexibility index (Phi) is 3.71. The Hall–Kier alpha value is -1.52. The predicted molar refractivity (Wildman–Crippen MR) is 59.1 cm³/mol. The highest BCUT2D eigenvalue weighted by Crippen LogP contribution is 2.00. The highest BCUT2D eigenvalue weighted by molar-refractivity contribution is 5.76. The van der Waals surface area contributed by atoms with Gasteiger partial charge in [-0.05, 0) is 12.8 Å². The highest BCUT2D eigenvalue weighted by Gasteiger charge is 2.10. The van der Waals surface area contributed by atoms with Gasteiger partial charge in [0.1, 0.15) is 12.4 Å². The van der Waals surface area contributed by atoms with E-state index in [0.29, 0.717) is 11.7 Å². The third-order valence-corrected chi connectivity index (χ3v) is 2.37. The van der Waals surface area contributed by atoms with Gasteiger partial charge < -0.3 is 15.6 Å². The molecule has 0 bridgehead atoms. The Balaban J connectivity index is 2.43. The third-order valence-electron chi connectivity index (χ3n) is 2.37. The van der Waals surface area contributed by atoms with Gasteiger partial charge in [0.2, 0.25) is 5.91 Å². The second kappa shape index (κ2) is 4.82. The largest absolute Gasteiger partial charge is 0.382 e. The molecule has 3 N–H and O–H groups in total. The molecule has 0 saturated carbocycles. The molecule has 1 aromatic rings. The molecule has 1 aromatic heterocycles. The molecule has 1 heterocycles. The van der Waals surface area contributed by atoms with Crippen molar-refractivity contribution in [1.82, 2.24) is 14.9 Å². The molecule has 15 heavy (non-hydrogen) atoms.